The first-order valence-electron chi connectivity index (χ1n) is 36.3. The van der Waals surface area contributed by atoms with Gasteiger partial charge in [-0.15, -0.1) is 22.7 Å². The van der Waals surface area contributed by atoms with Crippen molar-refractivity contribution in [3.63, 3.8) is 0 Å². The molecule has 9 nitrogen and oxygen atoms in total. The van der Waals surface area contributed by atoms with Crippen molar-refractivity contribution >= 4 is 48.8 Å². The molecule has 0 atom stereocenters. The molecule has 11 heteroatoms. The van der Waals surface area contributed by atoms with Gasteiger partial charge < -0.3 is 9.15 Å². The van der Waals surface area contributed by atoms with E-state index in [-0.39, 0.29) is 5.78 Å². The summed E-state index contributed by atoms with van der Waals surface area (Å²) in [7, 11) is 1.66. The highest BCUT2D eigenvalue weighted by molar-refractivity contribution is 7.36. The summed E-state index contributed by atoms with van der Waals surface area (Å²) in [6.07, 6.45) is 16.2. The number of aryl methyl sites for hydroxylation is 7. The number of rotatable bonds is 3. The van der Waals surface area contributed by atoms with E-state index >= 15 is 0 Å². The van der Waals surface area contributed by atoms with Gasteiger partial charge in [-0.2, -0.15) is 10.2 Å². The van der Waals surface area contributed by atoms with Gasteiger partial charge in [0.2, 0.25) is 0 Å². The van der Waals surface area contributed by atoms with Crippen LogP contribution in [0.5, 0.6) is 5.75 Å². The van der Waals surface area contributed by atoms with E-state index in [1.807, 2.05) is 271 Å². The fourth-order valence-electron chi connectivity index (χ4n) is 7.32. The molecule has 532 valence electrons. The first kappa shape index (κ1) is 103. The van der Waals surface area contributed by atoms with Gasteiger partial charge in [0, 0.05) is 48.9 Å². The first-order chi connectivity index (χ1) is 46.5. The number of hydrogen-bond donors (Lipinski definition) is 0. The molecule has 0 unspecified atom stereocenters. The number of thiophene rings is 1. The predicted molar refractivity (Wildman–Crippen MR) is 428 cm³/mol. The molecule has 0 amide bonds. The van der Waals surface area contributed by atoms with Gasteiger partial charge in [-0.25, -0.2) is 9.97 Å². The van der Waals surface area contributed by atoms with Crippen LogP contribution in [0.25, 0.3) is 20.3 Å². The number of benzene rings is 5. The Bertz CT molecular complexity index is 2630. The summed E-state index contributed by atoms with van der Waals surface area (Å²) in [5, 5.41) is 13.0. The van der Waals surface area contributed by atoms with E-state index in [0.717, 1.165) is 54.9 Å². The average Bonchev–Trinajstić information content (AvgIpc) is 1.70. The molecule has 0 saturated carbocycles. The molecule has 0 spiro atoms. The lowest BCUT2D eigenvalue weighted by Crippen LogP contribution is -2.10. The zero-order chi connectivity index (χ0) is 73.4. The van der Waals surface area contributed by atoms with Gasteiger partial charge in [-0.3, -0.25) is 14.2 Å². The maximum absolute atomic E-state index is 10.6. The maximum atomic E-state index is 10.6. The second-order valence-corrected chi connectivity index (χ2v) is 17.8. The second-order valence-electron chi connectivity index (χ2n) is 15.8. The Labute approximate surface area is 587 Å². The Balaban J connectivity index is -0.000000143. The van der Waals surface area contributed by atoms with Crippen LogP contribution in [-0.2, 0) is 45.2 Å². The van der Waals surface area contributed by atoms with Crippen molar-refractivity contribution in [2.45, 2.75) is 265 Å². The second kappa shape index (κ2) is 86.0. The van der Waals surface area contributed by atoms with Gasteiger partial charge in [-0.1, -0.05) is 314 Å². The molecular formula is C83H140N6O3S2. The monoisotopic (exact) mass is 1330 g/mol. The standard InChI is InChI=1S/C10H8.C8H8O.C8H10.C7H10N2.C7H8O.C6H8N2.C6H7NO.C5H3NS2.13C2H6/c1-2-6-10-8-4-3-7-9(10)5-1;1-7(9)8-5-3-2-4-6-8;1-2-8-6-4-3-5-7-8;1-2-6-9-7(3-1)4-5-8-9;1-8-7-5-3-2-4-6-7;1-2-6-3-4-7-8(6)5-1;1-2-5-6(3-1)8-4-7-5;1-2-7-5-4(1)6-3-8-5;13*1-2/h1-8H;2-6H,1H3;3-7H,2H2,1H3;4-5H,1-3,6H2;2-6H,1H3;3-4H,1-2,5H2;4H,1-3H2;1-3H;13*1-2H3. The maximum Gasteiger partial charge on any atom is 0.181 e. The summed E-state index contributed by atoms with van der Waals surface area (Å²) >= 11 is 3.45. The summed E-state index contributed by atoms with van der Waals surface area (Å²) in [5.74, 6) is 2.13. The molecule has 13 rings (SSSR count). The number of Topliss-reactive ketones (excluding diaryl/α,β-unsaturated/α-hetero) is 1. The lowest BCUT2D eigenvalue weighted by atomic mass is 10.1. The number of carbonyl (C=O) groups is 1. The van der Waals surface area contributed by atoms with E-state index in [1.54, 1.807) is 36.7 Å². The van der Waals surface area contributed by atoms with Gasteiger partial charge >= 0.3 is 0 Å². The highest BCUT2D eigenvalue weighted by atomic mass is 32.2. The van der Waals surface area contributed by atoms with Crippen molar-refractivity contribution in [2.75, 3.05) is 7.11 Å². The molecule has 2 aliphatic heterocycles. The molecule has 5 aromatic heterocycles. The summed E-state index contributed by atoms with van der Waals surface area (Å²) in [6, 6.07) is 52.3. The number of hydrogen-bond acceptors (Lipinski definition) is 9. The van der Waals surface area contributed by atoms with Crippen molar-refractivity contribution in [3.05, 3.63) is 221 Å². The van der Waals surface area contributed by atoms with Crippen molar-refractivity contribution in [3.8, 4) is 5.75 Å². The Hall–Kier alpha value is -6.95. The van der Waals surface area contributed by atoms with Gasteiger partial charge in [0.25, 0.3) is 0 Å². The Morgan fingerprint density at radius 3 is 1.24 bits per heavy atom. The van der Waals surface area contributed by atoms with Crippen LogP contribution in [0.1, 0.15) is 258 Å². The van der Waals surface area contributed by atoms with E-state index in [0.29, 0.717) is 0 Å². The van der Waals surface area contributed by atoms with Gasteiger partial charge in [-0.05, 0) is 110 Å². The van der Waals surface area contributed by atoms with E-state index in [2.05, 4.69) is 127 Å². The lowest BCUT2D eigenvalue weighted by Gasteiger charge is -2.11. The number of ketones is 1. The fraction of sp³-hybridized carbons (Fsp3) is 0.482. The van der Waals surface area contributed by atoms with Crippen LogP contribution < -0.4 is 4.74 Å². The van der Waals surface area contributed by atoms with Crippen molar-refractivity contribution < 1.29 is 13.9 Å². The average molecular weight is 1330 g/mol. The van der Waals surface area contributed by atoms with Crippen LogP contribution in [0.3, 0.4) is 0 Å². The van der Waals surface area contributed by atoms with Crippen LogP contribution in [0.2, 0.25) is 0 Å². The Kier molecular flexibility index (Phi) is 94.4. The van der Waals surface area contributed by atoms with Crippen LogP contribution in [0.15, 0.2) is 192 Å². The summed E-state index contributed by atoms with van der Waals surface area (Å²) in [5.41, 5.74) is 9.17. The number of fused-ring (bicyclic) bond motifs is 5. The van der Waals surface area contributed by atoms with E-state index in [4.69, 9.17) is 9.15 Å². The van der Waals surface area contributed by atoms with Crippen LogP contribution in [0.4, 0.5) is 0 Å². The number of methoxy groups -OCH3 is 1. The molecule has 0 N–H and O–H groups in total. The summed E-state index contributed by atoms with van der Waals surface area (Å²) < 4.78 is 15.5. The minimum atomic E-state index is 0.121. The normalized spacial score (nSPS) is 9.63. The Morgan fingerprint density at radius 1 is 0.457 bits per heavy atom. The molecule has 0 bridgehead atoms. The predicted octanol–water partition coefficient (Wildman–Crippen LogP) is 27.6. The van der Waals surface area contributed by atoms with Crippen molar-refractivity contribution in [1.29, 1.82) is 0 Å². The van der Waals surface area contributed by atoms with Crippen LogP contribution in [-0.4, -0.2) is 42.4 Å². The largest absolute Gasteiger partial charge is 0.497 e. The quantitative estimate of drug-likeness (QED) is 0.162. The Morgan fingerprint density at radius 2 is 0.872 bits per heavy atom. The topological polar surface area (TPSA) is 101 Å². The summed E-state index contributed by atoms with van der Waals surface area (Å²) in [4.78, 5) is 18.8. The molecule has 0 fully saturated rings. The molecule has 94 heavy (non-hydrogen) atoms. The number of carbonyl (C=O) groups excluding carboxylic acids is 1. The molecule has 7 heterocycles. The number of ether oxygens (including phenoxy) is 1. The SMILES string of the molecule is CC.CC.CC.CC.CC.CC.CC.CC.CC.CC.CC.CC.CC.CC(=O)c1ccccc1.CCc1ccccc1.COc1ccccc1.c1cc2n(n1)CCC2.c1cc2n(n1)CCCC2.c1cc2ncsc2s1.c1ccc2ccccc2c1.c1nc2c(o1)CCC2. The number of nitrogens with zero attached hydrogens (tertiary/aromatic N) is 6. The zero-order valence-corrected chi connectivity index (χ0v) is 67.0. The molecule has 0 radical (unpaired) electrons. The minimum absolute atomic E-state index is 0.121. The third-order valence-electron chi connectivity index (χ3n) is 11.0. The highest BCUT2D eigenvalue weighted by Gasteiger charge is 2.14. The van der Waals surface area contributed by atoms with E-state index in [1.165, 1.54) is 82.3 Å². The van der Waals surface area contributed by atoms with Gasteiger partial charge in [0.1, 0.15) is 15.5 Å². The van der Waals surface area contributed by atoms with Crippen molar-refractivity contribution in [1.82, 2.24) is 29.5 Å². The summed E-state index contributed by atoms with van der Waals surface area (Å²) in [6.45, 7) is 58.0. The number of para-hydroxylation sites is 1. The fourth-order valence-corrected chi connectivity index (χ4v) is 8.91. The van der Waals surface area contributed by atoms with Crippen LogP contribution in [0, 0.1) is 0 Å². The van der Waals surface area contributed by atoms with E-state index in [9.17, 15) is 4.79 Å². The third-order valence-corrected chi connectivity index (χ3v) is 12.9. The minimum Gasteiger partial charge on any atom is -0.497 e. The van der Waals surface area contributed by atoms with Gasteiger partial charge in [0.15, 0.2) is 12.2 Å². The third kappa shape index (κ3) is 51.5. The van der Waals surface area contributed by atoms with Crippen molar-refractivity contribution in [2.24, 2.45) is 0 Å². The number of thiazole rings is 1. The molecule has 10 aromatic rings. The highest BCUT2D eigenvalue weighted by Crippen LogP contribution is 2.23. The molecule has 3 aliphatic rings. The lowest BCUT2D eigenvalue weighted by molar-refractivity contribution is 0.101. The van der Waals surface area contributed by atoms with Crippen LogP contribution >= 0.6 is 22.7 Å². The molecule has 5 aromatic carbocycles. The molecule has 1 aliphatic carbocycles. The molecule has 0 saturated heterocycles. The zero-order valence-electron chi connectivity index (χ0n) is 65.4. The smallest absolute Gasteiger partial charge is 0.181 e. The first-order valence-corrected chi connectivity index (χ1v) is 38.1. The number of oxazole rings is 1. The van der Waals surface area contributed by atoms with E-state index < -0.39 is 0 Å². The number of aromatic nitrogens is 6. The molecular weight excluding hydrogens is 1190 g/mol. The van der Waals surface area contributed by atoms with Gasteiger partial charge in [0.05, 0.1) is 23.8 Å².